The van der Waals surface area contributed by atoms with Gasteiger partial charge in [0.15, 0.2) is 0 Å². The monoisotopic (exact) mass is 330 g/mol. The minimum atomic E-state index is 0.0818. The number of imidazole rings is 1. The number of carbonyl (C=O) groups excluding carboxylic acids is 1. The Balaban J connectivity index is 1.65. The Morgan fingerprint density at radius 3 is 3.00 bits per heavy atom. The minimum Gasteiger partial charge on any atom is -0.337 e. The molecule has 1 aliphatic heterocycles. The third-order valence-electron chi connectivity index (χ3n) is 3.94. The Morgan fingerprint density at radius 1 is 1.39 bits per heavy atom. The van der Waals surface area contributed by atoms with Gasteiger partial charge < -0.3 is 14.4 Å². The predicted octanol–water partition coefficient (Wildman–Crippen LogP) is 2.10. The van der Waals surface area contributed by atoms with Crippen molar-refractivity contribution in [1.29, 1.82) is 0 Å². The van der Waals surface area contributed by atoms with Crippen LogP contribution in [0.3, 0.4) is 0 Å². The first-order chi connectivity index (χ1) is 11.1. The lowest BCUT2D eigenvalue weighted by atomic mass is 10.3. The summed E-state index contributed by atoms with van der Waals surface area (Å²) in [4.78, 5) is 22.1. The SMILES string of the molecule is CN(C)Cc1cnc2n1CCN(C(=O)/C=C/c1cccs1)CC2. The summed E-state index contributed by atoms with van der Waals surface area (Å²) < 4.78 is 2.26. The van der Waals surface area contributed by atoms with E-state index < -0.39 is 0 Å². The van der Waals surface area contributed by atoms with E-state index in [1.807, 2.05) is 34.7 Å². The molecule has 1 amide bonds. The third kappa shape index (κ3) is 3.89. The first-order valence-electron chi connectivity index (χ1n) is 7.82. The van der Waals surface area contributed by atoms with Crippen LogP contribution >= 0.6 is 11.3 Å². The standard InChI is InChI=1S/C17H22N4OS/c1-19(2)13-14-12-18-16-7-8-20(9-10-21(14)16)17(22)6-5-15-4-3-11-23-15/h3-6,11-12H,7-10,13H2,1-2H3/b6-5+. The van der Waals surface area contributed by atoms with Gasteiger partial charge >= 0.3 is 0 Å². The van der Waals surface area contributed by atoms with Crippen molar-refractivity contribution in [1.82, 2.24) is 19.4 Å². The molecule has 1 aliphatic rings. The van der Waals surface area contributed by atoms with E-state index in [2.05, 4.69) is 28.5 Å². The largest absolute Gasteiger partial charge is 0.337 e. The Labute approximate surface area is 140 Å². The van der Waals surface area contributed by atoms with E-state index in [-0.39, 0.29) is 5.91 Å². The molecule has 0 fully saturated rings. The summed E-state index contributed by atoms with van der Waals surface area (Å²) in [5, 5.41) is 2.02. The van der Waals surface area contributed by atoms with Crippen molar-refractivity contribution in [2.75, 3.05) is 27.2 Å². The first-order valence-corrected chi connectivity index (χ1v) is 8.70. The fraction of sp³-hybridized carbons (Fsp3) is 0.412. The van der Waals surface area contributed by atoms with Crippen molar-refractivity contribution in [3.8, 4) is 0 Å². The third-order valence-corrected chi connectivity index (χ3v) is 4.78. The topological polar surface area (TPSA) is 41.4 Å². The van der Waals surface area contributed by atoms with Gasteiger partial charge in [-0.25, -0.2) is 4.98 Å². The molecule has 3 heterocycles. The summed E-state index contributed by atoms with van der Waals surface area (Å²) in [6, 6.07) is 4.01. The molecule has 0 N–H and O–H groups in total. The molecule has 0 saturated heterocycles. The lowest BCUT2D eigenvalue weighted by Gasteiger charge is -2.18. The highest BCUT2D eigenvalue weighted by atomic mass is 32.1. The lowest BCUT2D eigenvalue weighted by Crippen LogP contribution is -2.32. The van der Waals surface area contributed by atoms with Gasteiger partial charge in [-0.2, -0.15) is 0 Å². The zero-order valence-corrected chi connectivity index (χ0v) is 14.4. The van der Waals surface area contributed by atoms with Crippen LogP contribution in [0.25, 0.3) is 6.08 Å². The summed E-state index contributed by atoms with van der Waals surface area (Å²) in [5.74, 6) is 1.16. The number of nitrogens with zero attached hydrogens (tertiary/aromatic N) is 4. The van der Waals surface area contributed by atoms with Crippen LogP contribution < -0.4 is 0 Å². The van der Waals surface area contributed by atoms with Crippen LogP contribution in [0.5, 0.6) is 0 Å². The number of carbonyl (C=O) groups is 1. The highest BCUT2D eigenvalue weighted by molar-refractivity contribution is 7.10. The second-order valence-electron chi connectivity index (χ2n) is 5.98. The molecule has 0 atom stereocenters. The summed E-state index contributed by atoms with van der Waals surface area (Å²) in [6.45, 7) is 3.15. The number of fused-ring (bicyclic) bond motifs is 1. The fourth-order valence-corrected chi connectivity index (χ4v) is 3.43. The smallest absolute Gasteiger partial charge is 0.246 e. The predicted molar refractivity (Wildman–Crippen MR) is 93.3 cm³/mol. The Bertz CT molecular complexity index is 688. The number of amides is 1. The average molecular weight is 330 g/mol. The van der Waals surface area contributed by atoms with Gasteiger partial charge in [-0.05, 0) is 31.6 Å². The van der Waals surface area contributed by atoms with Crippen LogP contribution in [0.1, 0.15) is 16.4 Å². The number of rotatable bonds is 4. The van der Waals surface area contributed by atoms with E-state index in [1.165, 1.54) is 5.69 Å². The van der Waals surface area contributed by atoms with Crippen LogP contribution in [-0.2, 0) is 24.3 Å². The highest BCUT2D eigenvalue weighted by Gasteiger charge is 2.19. The van der Waals surface area contributed by atoms with Crippen LogP contribution in [0, 0.1) is 0 Å². The second-order valence-corrected chi connectivity index (χ2v) is 6.96. The Kier molecular flexibility index (Phi) is 4.93. The highest BCUT2D eigenvalue weighted by Crippen LogP contribution is 2.14. The van der Waals surface area contributed by atoms with Crippen molar-refractivity contribution in [2.24, 2.45) is 0 Å². The molecule has 0 spiro atoms. The van der Waals surface area contributed by atoms with E-state index in [1.54, 1.807) is 17.4 Å². The molecule has 0 bridgehead atoms. The molecule has 2 aromatic heterocycles. The van der Waals surface area contributed by atoms with Gasteiger partial charge in [-0.15, -0.1) is 11.3 Å². The van der Waals surface area contributed by atoms with Gasteiger partial charge in [0.2, 0.25) is 5.91 Å². The summed E-state index contributed by atoms with van der Waals surface area (Å²) in [5.41, 5.74) is 1.22. The minimum absolute atomic E-state index is 0.0818. The molecule has 0 radical (unpaired) electrons. The number of thiophene rings is 1. The van der Waals surface area contributed by atoms with Gasteiger partial charge in [-0.3, -0.25) is 4.79 Å². The molecule has 5 nitrogen and oxygen atoms in total. The van der Waals surface area contributed by atoms with Gasteiger partial charge in [0.1, 0.15) is 5.82 Å². The van der Waals surface area contributed by atoms with Gasteiger partial charge in [0.05, 0.1) is 5.69 Å². The van der Waals surface area contributed by atoms with Crippen molar-refractivity contribution in [3.05, 3.63) is 46.2 Å². The van der Waals surface area contributed by atoms with Crippen LogP contribution in [-0.4, -0.2) is 52.4 Å². The molecule has 2 aromatic rings. The summed E-state index contributed by atoms with van der Waals surface area (Å²) >= 11 is 1.64. The van der Waals surface area contributed by atoms with Crippen molar-refractivity contribution in [2.45, 2.75) is 19.5 Å². The van der Waals surface area contributed by atoms with Gasteiger partial charge in [0, 0.05) is 49.7 Å². The van der Waals surface area contributed by atoms with E-state index in [0.29, 0.717) is 0 Å². The molecule has 6 heteroatoms. The number of hydrogen-bond acceptors (Lipinski definition) is 4. The maximum absolute atomic E-state index is 12.4. The van der Waals surface area contributed by atoms with E-state index in [0.717, 1.165) is 43.3 Å². The molecular weight excluding hydrogens is 308 g/mol. The first kappa shape index (κ1) is 16.0. The van der Waals surface area contributed by atoms with E-state index in [4.69, 9.17) is 0 Å². The van der Waals surface area contributed by atoms with Crippen molar-refractivity contribution >= 4 is 23.3 Å². The van der Waals surface area contributed by atoms with Crippen LogP contribution in [0.4, 0.5) is 0 Å². The van der Waals surface area contributed by atoms with E-state index >= 15 is 0 Å². The molecule has 3 rings (SSSR count). The molecule has 23 heavy (non-hydrogen) atoms. The van der Waals surface area contributed by atoms with Crippen molar-refractivity contribution < 1.29 is 4.79 Å². The Hall–Kier alpha value is -1.92. The normalized spacial score (nSPS) is 15.2. The molecule has 122 valence electrons. The molecule has 0 aliphatic carbocycles. The average Bonchev–Trinajstić information content (AvgIpc) is 3.10. The second kappa shape index (κ2) is 7.10. The van der Waals surface area contributed by atoms with Gasteiger partial charge in [0.25, 0.3) is 0 Å². The van der Waals surface area contributed by atoms with Gasteiger partial charge in [-0.1, -0.05) is 6.07 Å². The number of aromatic nitrogens is 2. The summed E-state index contributed by atoms with van der Waals surface area (Å²) in [6.07, 6.45) is 6.35. The fourth-order valence-electron chi connectivity index (χ4n) is 2.81. The maximum Gasteiger partial charge on any atom is 0.246 e. The number of hydrogen-bond donors (Lipinski definition) is 0. The molecule has 0 unspecified atom stereocenters. The quantitative estimate of drug-likeness (QED) is 0.806. The van der Waals surface area contributed by atoms with Crippen LogP contribution in [0.15, 0.2) is 29.8 Å². The molecule has 0 saturated carbocycles. The lowest BCUT2D eigenvalue weighted by molar-refractivity contribution is -0.125. The zero-order chi connectivity index (χ0) is 16.2. The molecule has 0 aromatic carbocycles. The zero-order valence-electron chi connectivity index (χ0n) is 13.6. The maximum atomic E-state index is 12.4. The Morgan fingerprint density at radius 2 is 2.26 bits per heavy atom. The summed E-state index contributed by atoms with van der Waals surface area (Å²) in [7, 11) is 4.11. The van der Waals surface area contributed by atoms with Crippen molar-refractivity contribution in [3.63, 3.8) is 0 Å². The molecular formula is C17H22N4OS. The van der Waals surface area contributed by atoms with Crippen LogP contribution in [0.2, 0.25) is 0 Å². The van der Waals surface area contributed by atoms with E-state index in [9.17, 15) is 4.79 Å².